The summed E-state index contributed by atoms with van der Waals surface area (Å²) in [7, 11) is 0. The zero-order chi connectivity index (χ0) is 25.4. The van der Waals surface area contributed by atoms with Crippen LogP contribution >= 0.6 is 0 Å². The summed E-state index contributed by atoms with van der Waals surface area (Å²) in [6.45, 7) is 1.99. The van der Waals surface area contributed by atoms with Crippen LogP contribution in [-0.4, -0.2) is 49.7 Å². The Morgan fingerprint density at radius 2 is 1.97 bits per heavy atom. The zero-order valence-electron chi connectivity index (χ0n) is 19.9. The smallest absolute Gasteiger partial charge is 0.296 e. The van der Waals surface area contributed by atoms with Gasteiger partial charge in [-0.1, -0.05) is 6.07 Å². The van der Waals surface area contributed by atoms with Gasteiger partial charge in [0.1, 0.15) is 35.7 Å². The molecule has 1 unspecified atom stereocenters. The molecule has 1 atom stereocenters. The molecule has 6 rings (SSSR count). The van der Waals surface area contributed by atoms with E-state index in [1.54, 1.807) is 35.0 Å². The van der Waals surface area contributed by atoms with E-state index in [0.29, 0.717) is 46.2 Å². The summed E-state index contributed by atoms with van der Waals surface area (Å²) in [6.07, 6.45) is 3.66. The summed E-state index contributed by atoms with van der Waals surface area (Å²) in [5.41, 5.74) is 2.91. The maximum atomic E-state index is 14.4. The van der Waals surface area contributed by atoms with Crippen LogP contribution in [0.1, 0.15) is 12.0 Å². The van der Waals surface area contributed by atoms with E-state index in [4.69, 9.17) is 9.47 Å². The van der Waals surface area contributed by atoms with Crippen molar-refractivity contribution >= 4 is 28.1 Å². The number of anilines is 2. The minimum atomic E-state index is -2.98. The molecule has 1 aliphatic heterocycles. The van der Waals surface area contributed by atoms with Gasteiger partial charge >= 0.3 is 0 Å². The van der Waals surface area contributed by atoms with Crippen LogP contribution < -0.4 is 20.1 Å². The number of ether oxygens (including phenoxy) is 2. The molecule has 1 aliphatic rings. The van der Waals surface area contributed by atoms with Gasteiger partial charge in [0, 0.05) is 24.4 Å². The van der Waals surface area contributed by atoms with E-state index in [9.17, 15) is 8.78 Å². The molecule has 4 heterocycles. The van der Waals surface area contributed by atoms with Gasteiger partial charge < -0.3 is 20.1 Å². The van der Waals surface area contributed by atoms with Gasteiger partial charge in [0.25, 0.3) is 5.92 Å². The van der Waals surface area contributed by atoms with Crippen LogP contribution in [0.2, 0.25) is 0 Å². The third kappa shape index (κ3) is 4.60. The quantitative estimate of drug-likeness (QED) is 0.338. The Labute approximate surface area is 210 Å². The molecule has 0 aliphatic carbocycles. The lowest BCUT2D eigenvalue weighted by Crippen LogP contribution is -2.52. The Hall–Kier alpha value is -4.38. The van der Waals surface area contributed by atoms with Crippen LogP contribution in [0.25, 0.3) is 16.6 Å². The number of halogens is 2. The Bertz CT molecular complexity index is 1590. The van der Waals surface area contributed by atoms with Crippen molar-refractivity contribution in [2.75, 3.05) is 18.4 Å². The Morgan fingerprint density at radius 1 is 1.05 bits per heavy atom. The number of hydrogen-bond acceptors (Lipinski definition) is 8. The lowest BCUT2D eigenvalue weighted by molar-refractivity contribution is -0.108. The van der Waals surface area contributed by atoms with E-state index in [1.807, 2.05) is 31.2 Å². The molecule has 1 fully saturated rings. The number of rotatable bonds is 6. The number of fused-ring (bicyclic) bond motifs is 2. The molecule has 0 spiro atoms. The third-order valence-corrected chi connectivity index (χ3v) is 6.23. The first-order valence-electron chi connectivity index (χ1n) is 11.8. The summed E-state index contributed by atoms with van der Waals surface area (Å²) in [6, 6.07) is 14.4. The van der Waals surface area contributed by atoms with Crippen molar-refractivity contribution in [1.29, 1.82) is 0 Å². The first-order valence-corrected chi connectivity index (χ1v) is 11.8. The lowest BCUT2D eigenvalue weighted by Gasteiger charge is -2.32. The van der Waals surface area contributed by atoms with Gasteiger partial charge in [0.05, 0.1) is 17.4 Å². The highest BCUT2D eigenvalue weighted by Crippen LogP contribution is 2.36. The predicted molar refractivity (Wildman–Crippen MR) is 134 cm³/mol. The second kappa shape index (κ2) is 9.25. The summed E-state index contributed by atoms with van der Waals surface area (Å²) in [5.74, 6) is -0.882. The van der Waals surface area contributed by atoms with E-state index < -0.39 is 18.6 Å². The molecule has 2 aromatic carbocycles. The summed E-state index contributed by atoms with van der Waals surface area (Å²) in [4.78, 5) is 12.9. The SMILES string of the molecule is Cc1cc(Nc2ncnc3cccc(OC4CCNCC4(F)F)c23)ccc1Oc1ccn2ncnc2c1. The first-order chi connectivity index (χ1) is 18.0. The van der Waals surface area contributed by atoms with Crippen molar-refractivity contribution < 1.29 is 18.3 Å². The summed E-state index contributed by atoms with van der Waals surface area (Å²) >= 11 is 0. The van der Waals surface area contributed by atoms with Gasteiger partial charge in [-0.2, -0.15) is 5.10 Å². The van der Waals surface area contributed by atoms with Gasteiger partial charge in [0.15, 0.2) is 11.8 Å². The molecular weight excluding hydrogens is 480 g/mol. The Kier molecular flexibility index (Phi) is 5.76. The van der Waals surface area contributed by atoms with Crippen molar-refractivity contribution in [2.24, 2.45) is 0 Å². The molecule has 3 aromatic heterocycles. The van der Waals surface area contributed by atoms with Crippen molar-refractivity contribution in [3.8, 4) is 17.2 Å². The highest BCUT2D eigenvalue weighted by atomic mass is 19.3. The molecule has 0 amide bonds. The highest BCUT2D eigenvalue weighted by Gasteiger charge is 2.43. The molecule has 0 radical (unpaired) electrons. The summed E-state index contributed by atoms with van der Waals surface area (Å²) in [5, 5.41) is 10.6. The minimum Gasteiger partial charge on any atom is -0.483 e. The van der Waals surface area contributed by atoms with Gasteiger partial charge in [0.2, 0.25) is 0 Å². The molecule has 0 saturated carbocycles. The second-order valence-electron chi connectivity index (χ2n) is 8.84. The standard InChI is InChI=1S/C26H23F2N7O2/c1-16-11-17(5-6-20(16)36-18-8-10-35-23(12-18)31-15-33-35)34-25-24-19(30-14-32-25)3-2-4-21(24)37-22-7-9-29-13-26(22,27)28/h2-6,8,10-12,14-15,22,29H,7,9,13H2,1H3,(H,30,32,34). The number of alkyl halides is 2. The Balaban J connectivity index is 1.27. The molecule has 0 bridgehead atoms. The number of hydrogen-bond donors (Lipinski definition) is 2. The van der Waals surface area contributed by atoms with Crippen molar-refractivity contribution in [1.82, 2.24) is 29.9 Å². The summed E-state index contributed by atoms with van der Waals surface area (Å²) < 4.78 is 42.5. The zero-order valence-corrected chi connectivity index (χ0v) is 19.9. The van der Waals surface area contributed by atoms with Gasteiger partial charge in [-0.05, 0) is 55.4 Å². The number of nitrogens with zero attached hydrogens (tertiary/aromatic N) is 5. The maximum absolute atomic E-state index is 14.4. The van der Waals surface area contributed by atoms with E-state index in [0.717, 1.165) is 11.3 Å². The largest absolute Gasteiger partial charge is 0.483 e. The first kappa shape index (κ1) is 23.0. The third-order valence-electron chi connectivity index (χ3n) is 6.23. The average molecular weight is 504 g/mol. The fourth-order valence-corrected chi connectivity index (χ4v) is 4.35. The van der Waals surface area contributed by atoms with E-state index in [1.165, 1.54) is 12.7 Å². The predicted octanol–water partition coefficient (Wildman–Crippen LogP) is 4.89. The molecule has 2 N–H and O–H groups in total. The number of benzene rings is 2. The molecule has 5 aromatic rings. The molecule has 188 valence electrons. The number of aryl methyl sites for hydroxylation is 1. The fraction of sp³-hybridized carbons (Fsp3) is 0.231. The van der Waals surface area contributed by atoms with E-state index in [2.05, 4.69) is 30.7 Å². The highest BCUT2D eigenvalue weighted by molar-refractivity contribution is 5.95. The van der Waals surface area contributed by atoms with E-state index >= 15 is 0 Å². The molecule has 11 heteroatoms. The molecule has 1 saturated heterocycles. The Morgan fingerprint density at radius 3 is 2.84 bits per heavy atom. The monoisotopic (exact) mass is 503 g/mol. The van der Waals surface area contributed by atoms with Crippen molar-refractivity contribution in [3.05, 3.63) is 72.9 Å². The van der Waals surface area contributed by atoms with E-state index in [-0.39, 0.29) is 6.42 Å². The average Bonchev–Trinajstić information content (AvgIpc) is 3.35. The molecule has 37 heavy (non-hydrogen) atoms. The van der Waals surface area contributed by atoms with Crippen molar-refractivity contribution in [3.63, 3.8) is 0 Å². The topological polar surface area (TPSA) is 98.5 Å². The van der Waals surface area contributed by atoms with Gasteiger partial charge in [-0.25, -0.2) is 28.2 Å². The van der Waals surface area contributed by atoms with Crippen LogP contribution in [0.3, 0.4) is 0 Å². The number of aromatic nitrogens is 5. The number of piperidine rings is 1. The van der Waals surface area contributed by atoms with Crippen LogP contribution in [0, 0.1) is 6.92 Å². The maximum Gasteiger partial charge on any atom is 0.296 e. The second-order valence-corrected chi connectivity index (χ2v) is 8.84. The van der Waals surface area contributed by atoms with Crippen LogP contribution in [0.4, 0.5) is 20.3 Å². The molecule has 9 nitrogen and oxygen atoms in total. The van der Waals surface area contributed by atoms with Crippen LogP contribution in [0.5, 0.6) is 17.2 Å². The lowest BCUT2D eigenvalue weighted by atomic mass is 10.1. The van der Waals surface area contributed by atoms with Crippen LogP contribution in [0.15, 0.2) is 67.4 Å². The van der Waals surface area contributed by atoms with Gasteiger partial charge in [-0.3, -0.25) is 0 Å². The minimum absolute atomic E-state index is 0.199. The fourth-order valence-electron chi connectivity index (χ4n) is 4.35. The number of pyridine rings is 1. The molecular formula is C26H23F2N7O2. The number of nitrogens with one attached hydrogen (secondary N) is 2. The van der Waals surface area contributed by atoms with Gasteiger partial charge in [-0.15, -0.1) is 0 Å². The van der Waals surface area contributed by atoms with Crippen molar-refractivity contribution in [2.45, 2.75) is 25.4 Å². The normalized spacial score (nSPS) is 17.1. The van der Waals surface area contributed by atoms with Crippen LogP contribution in [-0.2, 0) is 0 Å².